The van der Waals surface area contributed by atoms with Crippen molar-refractivity contribution in [3.8, 4) is 5.75 Å². The lowest BCUT2D eigenvalue weighted by atomic mass is 10.0. The highest BCUT2D eigenvalue weighted by atomic mass is 16.5. The molecule has 1 aliphatic heterocycles. The van der Waals surface area contributed by atoms with Gasteiger partial charge in [0, 0.05) is 13.6 Å². The van der Waals surface area contributed by atoms with Crippen LogP contribution in [0.2, 0.25) is 0 Å². The second-order valence-electron chi connectivity index (χ2n) is 7.42. The number of likely N-dealkylation sites (N-methyl/N-ethyl adjacent to an activating group) is 1. The number of amides is 2. The largest absolute Gasteiger partial charge is 0.494 e. The Morgan fingerprint density at radius 1 is 1.00 bits per heavy atom. The lowest BCUT2D eigenvalue weighted by Gasteiger charge is -2.20. The van der Waals surface area contributed by atoms with E-state index in [1.54, 1.807) is 24.1 Å². The monoisotopic (exact) mass is 408 g/mol. The van der Waals surface area contributed by atoms with Crippen molar-refractivity contribution in [1.29, 1.82) is 0 Å². The number of benzene rings is 2. The Kier molecular flexibility index (Phi) is 6.90. The van der Waals surface area contributed by atoms with Gasteiger partial charge in [-0.05, 0) is 36.6 Å². The number of rotatable bonds is 9. The lowest BCUT2D eigenvalue weighted by molar-refractivity contribution is -0.138. The number of imide groups is 1. The summed E-state index contributed by atoms with van der Waals surface area (Å²) in [7, 11) is 1.71. The van der Waals surface area contributed by atoms with E-state index in [1.807, 2.05) is 50.2 Å². The minimum atomic E-state index is -0.349. The predicted octanol–water partition coefficient (Wildman–Crippen LogP) is 2.99. The Labute approximate surface area is 177 Å². The fourth-order valence-corrected chi connectivity index (χ4v) is 3.40. The third-order valence-electron chi connectivity index (χ3n) is 5.04. The zero-order valence-electron chi connectivity index (χ0n) is 17.7. The topological polar surface area (TPSA) is 70.1 Å². The number of ether oxygens (including phenoxy) is 1. The summed E-state index contributed by atoms with van der Waals surface area (Å²) in [6.07, 6.45) is 0.907. The van der Waals surface area contributed by atoms with Crippen LogP contribution < -0.4 is 4.74 Å². The lowest BCUT2D eigenvalue weighted by Crippen LogP contribution is -2.34. The molecule has 2 amide bonds. The van der Waals surface area contributed by atoms with E-state index in [1.165, 1.54) is 4.90 Å². The Morgan fingerprint density at radius 3 is 2.27 bits per heavy atom. The van der Waals surface area contributed by atoms with Gasteiger partial charge in [-0.15, -0.1) is 0 Å². The maximum atomic E-state index is 13.3. The van der Waals surface area contributed by atoms with Gasteiger partial charge < -0.3 is 14.7 Å². The first-order valence-corrected chi connectivity index (χ1v) is 10.2. The molecule has 0 aromatic heterocycles. The highest BCUT2D eigenvalue weighted by Gasteiger charge is 2.40. The molecule has 0 unspecified atom stereocenters. The van der Waals surface area contributed by atoms with Crippen LogP contribution in [0.25, 0.3) is 5.57 Å². The fraction of sp³-hybridized carbons (Fsp3) is 0.333. The normalized spacial score (nSPS) is 13.9. The van der Waals surface area contributed by atoms with Gasteiger partial charge in [0.25, 0.3) is 11.8 Å². The Hall–Kier alpha value is -3.12. The molecule has 1 N–H and O–H groups in total. The van der Waals surface area contributed by atoms with Crippen LogP contribution in [-0.4, -0.2) is 53.5 Å². The molecule has 6 heteroatoms. The summed E-state index contributed by atoms with van der Waals surface area (Å²) in [5, 5.41) is 9.36. The molecule has 0 saturated carbocycles. The summed E-state index contributed by atoms with van der Waals surface area (Å²) in [5.41, 5.74) is 3.32. The van der Waals surface area contributed by atoms with Gasteiger partial charge in [0.1, 0.15) is 11.4 Å². The highest BCUT2D eigenvalue weighted by Crippen LogP contribution is 2.33. The summed E-state index contributed by atoms with van der Waals surface area (Å²) in [5.74, 6) is 0.0418. The molecule has 1 heterocycles. The smallest absolute Gasteiger partial charge is 0.278 e. The second-order valence-corrected chi connectivity index (χ2v) is 7.42. The zero-order chi connectivity index (χ0) is 21.7. The molecule has 0 fully saturated rings. The number of hydrogen-bond donors (Lipinski definition) is 1. The van der Waals surface area contributed by atoms with Crippen LogP contribution in [0.1, 0.15) is 30.0 Å². The van der Waals surface area contributed by atoms with E-state index in [-0.39, 0.29) is 31.5 Å². The quantitative estimate of drug-likeness (QED) is 0.646. The standard InChI is InChI=1S/C24H28N2O4/c1-4-15-30-20-11-9-19(10-12-20)21-22(25(3)13-14-27)24(29)26(23(21)28)16-18-7-5-17(2)6-8-18/h5-12,27H,4,13-16H2,1-3H3. The minimum absolute atomic E-state index is 0.115. The number of hydrogen-bond acceptors (Lipinski definition) is 5. The Balaban J connectivity index is 1.94. The van der Waals surface area contributed by atoms with E-state index >= 15 is 0 Å². The van der Waals surface area contributed by atoms with Gasteiger partial charge >= 0.3 is 0 Å². The van der Waals surface area contributed by atoms with E-state index in [0.717, 1.165) is 23.3 Å². The van der Waals surface area contributed by atoms with E-state index in [2.05, 4.69) is 0 Å². The van der Waals surface area contributed by atoms with Crippen molar-refractivity contribution in [2.24, 2.45) is 0 Å². The van der Waals surface area contributed by atoms with Crippen LogP contribution >= 0.6 is 0 Å². The second kappa shape index (κ2) is 9.59. The highest BCUT2D eigenvalue weighted by molar-refractivity contribution is 6.35. The van der Waals surface area contributed by atoms with Gasteiger partial charge in [0.05, 0.1) is 25.3 Å². The zero-order valence-corrected chi connectivity index (χ0v) is 17.7. The number of nitrogens with zero attached hydrogens (tertiary/aromatic N) is 2. The number of aliphatic hydroxyl groups excluding tert-OH is 1. The van der Waals surface area contributed by atoms with Gasteiger partial charge in [0.15, 0.2) is 0 Å². The maximum absolute atomic E-state index is 13.3. The first-order chi connectivity index (χ1) is 14.5. The molecule has 6 nitrogen and oxygen atoms in total. The Morgan fingerprint density at radius 2 is 1.67 bits per heavy atom. The summed E-state index contributed by atoms with van der Waals surface area (Å²) in [6, 6.07) is 15.0. The van der Waals surface area contributed by atoms with Gasteiger partial charge in [-0.2, -0.15) is 0 Å². The van der Waals surface area contributed by atoms with Gasteiger partial charge in [0.2, 0.25) is 0 Å². The van der Waals surface area contributed by atoms with Crippen molar-refractivity contribution in [1.82, 2.24) is 9.80 Å². The van der Waals surface area contributed by atoms with Gasteiger partial charge in [-0.25, -0.2) is 0 Å². The van der Waals surface area contributed by atoms with E-state index in [0.29, 0.717) is 23.4 Å². The third kappa shape index (κ3) is 4.54. The molecule has 30 heavy (non-hydrogen) atoms. The number of carbonyl (C=O) groups excluding carboxylic acids is 2. The van der Waals surface area contributed by atoms with E-state index < -0.39 is 0 Å². The molecule has 0 spiro atoms. The minimum Gasteiger partial charge on any atom is -0.494 e. The summed E-state index contributed by atoms with van der Waals surface area (Å²) < 4.78 is 5.62. The van der Waals surface area contributed by atoms with Gasteiger partial charge in [-0.3, -0.25) is 14.5 Å². The summed E-state index contributed by atoms with van der Waals surface area (Å²) in [4.78, 5) is 29.4. The molecule has 0 aliphatic carbocycles. The van der Waals surface area contributed by atoms with Crippen molar-refractivity contribution in [3.63, 3.8) is 0 Å². The molecule has 0 atom stereocenters. The van der Waals surface area contributed by atoms with Crippen LogP contribution in [0, 0.1) is 6.92 Å². The number of aryl methyl sites for hydroxylation is 1. The SMILES string of the molecule is CCCOc1ccc(C2=C(N(C)CCO)C(=O)N(Cc3ccc(C)cc3)C2=O)cc1. The Bertz CT molecular complexity index is 933. The van der Waals surface area contributed by atoms with Gasteiger partial charge in [-0.1, -0.05) is 48.9 Å². The molecule has 2 aromatic rings. The number of aliphatic hydroxyl groups is 1. The number of carbonyl (C=O) groups is 2. The van der Waals surface area contributed by atoms with Crippen molar-refractivity contribution in [2.45, 2.75) is 26.8 Å². The van der Waals surface area contributed by atoms with E-state index in [4.69, 9.17) is 4.74 Å². The van der Waals surface area contributed by atoms with Crippen molar-refractivity contribution in [2.75, 3.05) is 26.8 Å². The van der Waals surface area contributed by atoms with Crippen LogP contribution in [0.4, 0.5) is 0 Å². The molecule has 3 rings (SSSR count). The first kappa shape index (κ1) is 21.6. The molecule has 1 aliphatic rings. The molecule has 0 radical (unpaired) electrons. The summed E-state index contributed by atoms with van der Waals surface area (Å²) >= 11 is 0. The fourth-order valence-electron chi connectivity index (χ4n) is 3.40. The van der Waals surface area contributed by atoms with Crippen LogP contribution in [-0.2, 0) is 16.1 Å². The maximum Gasteiger partial charge on any atom is 0.278 e. The summed E-state index contributed by atoms with van der Waals surface area (Å²) in [6.45, 7) is 4.99. The average Bonchev–Trinajstić information content (AvgIpc) is 2.99. The van der Waals surface area contributed by atoms with Crippen LogP contribution in [0.5, 0.6) is 5.75 Å². The van der Waals surface area contributed by atoms with Crippen LogP contribution in [0.15, 0.2) is 54.2 Å². The average molecular weight is 408 g/mol. The molecular formula is C24H28N2O4. The molecular weight excluding hydrogens is 380 g/mol. The van der Waals surface area contributed by atoms with Crippen molar-refractivity contribution in [3.05, 3.63) is 70.9 Å². The molecule has 0 saturated heterocycles. The first-order valence-electron chi connectivity index (χ1n) is 10.2. The molecule has 158 valence electrons. The van der Waals surface area contributed by atoms with E-state index in [9.17, 15) is 14.7 Å². The molecule has 0 bridgehead atoms. The third-order valence-corrected chi connectivity index (χ3v) is 5.04. The van der Waals surface area contributed by atoms with Crippen LogP contribution in [0.3, 0.4) is 0 Å². The van der Waals surface area contributed by atoms with Crippen molar-refractivity contribution < 1.29 is 19.4 Å². The molecule has 2 aromatic carbocycles. The predicted molar refractivity (Wildman–Crippen MR) is 116 cm³/mol. The van der Waals surface area contributed by atoms with Crippen molar-refractivity contribution >= 4 is 17.4 Å².